The van der Waals surface area contributed by atoms with E-state index in [0.29, 0.717) is 23.0 Å². The molecule has 4 aromatic rings. The number of para-hydroxylation sites is 1. The van der Waals surface area contributed by atoms with Crippen LogP contribution in [0.2, 0.25) is 0 Å². The van der Waals surface area contributed by atoms with Crippen molar-refractivity contribution in [1.82, 2.24) is 24.7 Å². The number of nitrogens with one attached hydrogen (secondary N) is 1. The minimum absolute atomic E-state index is 0.170. The Kier molecular flexibility index (Phi) is 4.63. The summed E-state index contributed by atoms with van der Waals surface area (Å²) in [5, 5.41) is 15.4. The van der Waals surface area contributed by atoms with Gasteiger partial charge in [0.25, 0.3) is 5.91 Å². The monoisotopic (exact) mass is 392 g/mol. The van der Waals surface area contributed by atoms with Crippen molar-refractivity contribution in [3.8, 4) is 28.3 Å². The molecule has 0 saturated heterocycles. The van der Waals surface area contributed by atoms with Crippen molar-refractivity contribution in [3.05, 3.63) is 54.0 Å². The Hall–Kier alpha value is -3.88. The van der Waals surface area contributed by atoms with Gasteiger partial charge in [0.05, 0.1) is 24.6 Å². The van der Waals surface area contributed by atoms with Gasteiger partial charge < -0.3 is 14.6 Å². The second kappa shape index (κ2) is 7.27. The number of carbonyl (C=O) groups excluding carboxylic acids is 1. The maximum Gasteiger partial charge on any atom is 0.279 e. The van der Waals surface area contributed by atoms with E-state index in [0.717, 1.165) is 16.8 Å². The van der Waals surface area contributed by atoms with Crippen LogP contribution < -0.4 is 10.1 Å². The first-order valence-corrected chi connectivity index (χ1v) is 8.92. The van der Waals surface area contributed by atoms with Crippen molar-refractivity contribution in [1.29, 1.82) is 0 Å². The Labute approximate surface area is 166 Å². The van der Waals surface area contributed by atoms with E-state index in [1.807, 2.05) is 38.2 Å². The van der Waals surface area contributed by atoms with E-state index in [9.17, 15) is 4.79 Å². The fourth-order valence-corrected chi connectivity index (χ4v) is 3.00. The number of carbonyl (C=O) groups is 1. The summed E-state index contributed by atoms with van der Waals surface area (Å²) in [5.41, 5.74) is 3.40. The van der Waals surface area contributed by atoms with Crippen LogP contribution in [0.5, 0.6) is 5.75 Å². The Bertz CT molecular complexity index is 1190. The summed E-state index contributed by atoms with van der Waals surface area (Å²) in [4.78, 5) is 12.6. The van der Waals surface area contributed by atoms with Crippen molar-refractivity contribution in [2.75, 3.05) is 12.4 Å². The SMILES string of the molecule is COc1ccccc1-c1cc(NC(=O)c2cc(-c3cnn(C)c3C)on2)n(C)n1. The number of hydrogen-bond donors (Lipinski definition) is 1. The molecule has 0 fully saturated rings. The van der Waals surface area contributed by atoms with E-state index in [4.69, 9.17) is 9.26 Å². The Morgan fingerprint density at radius 1 is 1.14 bits per heavy atom. The average Bonchev–Trinajstić information content (AvgIpc) is 3.42. The lowest BCUT2D eigenvalue weighted by Gasteiger charge is -2.04. The predicted octanol–water partition coefficient (Wildman–Crippen LogP) is 3.04. The fourth-order valence-electron chi connectivity index (χ4n) is 3.00. The van der Waals surface area contributed by atoms with Gasteiger partial charge in [0.15, 0.2) is 11.5 Å². The summed E-state index contributed by atoms with van der Waals surface area (Å²) in [6.07, 6.45) is 1.68. The van der Waals surface area contributed by atoms with E-state index < -0.39 is 5.91 Å². The minimum Gasteiger partial charge on any atom is -0.496 e. The third kappa shape index (κ3) is 3.38. The standard InChI is InChI=1S/C20H20N6O3/c1-12-14(11-21-25(12)2)18-9-16(24-29-18)20(27)22-19-10-15(23-26(19)3)13-7-5-6-8-17(13)28-4/h5-11H,1-4H3,(H,22,27). The van der Waals surface area contributed by atoms with Crippen LogP contribution in [-0.2, 0) is 14.1 Å². The molecule has 29 heavy (non-hydrogen) atoms. The van der Waals surface area contributed by atoms with Gasteiger partial charge in [-0.05, 0) is 19.1 Å². The zero-order chi connectivity index (χ0) is 20.5. The van der Waals surface area contributed by atoms with Crippen LogP contribution >= 0.6 is 0 Å². The van der Waals surface area contributed by atoms with Crippen LogP contribution in [0.3, 0.4) is 0 Å². The van der Waals surface area contributed by atoms with Gasteiger partial charge in [-0.2, -0.15) is 10.2 Å². The van der Waals surface area contributed by atoms with Crippen LogP contribution in [0, 0.1) is 6.92 Å². The molecule has 9 nitrogen and oxygen atoms in total. The van der Waals surface area contributed by atoms with E-state index >= 15 is 0 Å². The Morgan fingerprint density at radius 3 is 2.66 bits per heavy atom. The van der Waals surface area contributed by atoms with Crippen molar-refractivity contribution in [2.45, 2.75) is 6.92 Å². The summed E-state index contributed by atoms with van der Waals surface area (Å²) < 4.78 is 14.0. The summed E-state index contributed by atoms with van der Waals surface area (Å²) in [7, 11) is 5.20. The first-order valence-electron chi connectivity index (χ1n) is 8.92. The molecule has 0 atom stereocenters. The highest BCUT2D eigenvalue weighted by Gasteiger charge is 2.19. The number of aryl methyl sites for hydroxylation is 2. The number of aromatic nitrogens is 5. The lowest BCUT2D eigenvalue weighted by Crippen LogP contribution is -2.14. The molecule has 9 heteroatoms. The number of benzene rings is 1. The number of hydrogen-bond acceptors (Lipinski definition) is 6. The van der Waals surface area contributed by atoms with Crippen LogP contribution in [-0.4, -0.2) is 37.7 Å². The molecule has 4 rings (SSSR count). The van der Waals surface area contributed by atoms with Crippen molar-refractivity contribution < 1.29 is 14.1 Å². The maximum atomic E-state index is 12.6. The average molecular weight is 392 g/mol. The molecule has 0 saturated carbocycles. The van der Waals surface area contributed by atoms with Crippen LogP contribution in [0.1, 0.15) is 16.2 Å². The van der Waals surface area contributed by atoms with Gasteiger partial charge in [-0.3, -0.25) is 14.2 Å². The molecule has 0 aliphatic carbocycles. The molecule has 1 N–H and O–H groups in total. The third-order valence-corrected chi connectivity index (χ3v) is 4.75. The van der Waals surface area contributed by atoms with Gasteiger partial charge in [-0.15, -0.1) is 0 Å². The van der Waals surface area contributed by atoms with Crippen molar-refractivity contribution >= 4 is 11.7 Å². The van der Waals surface area contributed by atoms with Crippen LogP contribution in [0.4, 0.5) is 5.82 Å². The van der Waals surface area contributed by atoms with Crippen LogP contribution in [0.15, 0.2) is 47.1 Å². The summed E-state index contributed by atoms with van der Waals surface area (Å²) in [6.45, 7) is 1.92. The molecular formula is C20H20N6O3. The fraction of sp³-hybridized carbons (Fsp3) is 0.200. The highest BCUT2D eigenvalue weighted by Crippen LogP contribution is 2.30. The van der Waals surface area contributed by atoms with Gasteiger partial charge in [-0.25, -0.2) is 0 Å². The third-order valence-electron chi connectivity index (χ3n) is 4.75. The van der Waals surface area contributed by atoms with Crippen LogP contribution in [0.25, 0.3) is 22.6 Å². The second-order valence-corrected chi connectivity index (χ2v) is 6.54. The van der Waals surface area contributed by atoms with E-state index in [2.05, 4.69) is 20.7 Å². The number of methoxy groups -OCH3 is 1. The summed E-state index contributed by atoms with van der Waals surface area (Å²) in [6, 6.07) is 10.9. The smallest absolute Gasteiger partial charge is 0.279 e. The molecule has 0 aliphatic rings. The molecule has 0 aliphatic heterocycles. The summed E-state index contributed by atoms with van der Waals surface area (Å²) in [5.74, 6) is 1.33. The van der Waals surface area contributed by atoms with Gasteiger partial charge in [-0.1, -0.05) is 17.3 Å². The molecule has 3 aromatic heterocycles. The van der Waals surface area contributed by atoms with Crippen molar-refractivity contribution in [2.24, 2.45) is 14.1 Å². The quantitative estimate of drug-likeness (QED) is 0.560. The van der Waals surface area contributed by atoms with Gasteiger partial charge >= 0.3 is 0 Å². The lowest BCUT2D eigenvalue weighted by atomic mass is 10.1. The lowest BCUT2D eigenvalue weighted by molar-refractivity contribution is 0.101. The Morgan fingerprint density at radius 2 is 1.93 bits per heavy atom. The van der Waals surface area contributed by atoms with E-state index in [1.54, 1.807) is 41.9 Å². The number of nitrogens with zero attached hydrogens (tertiary/aromatic N) is 5. The molecule has 1 aromatic carbocycles. The van der Waals surface area contributed by atoms with Gasteiger partial charge in [0, 0.05) is 37.5 Å². The van der Waals surface area contributed by atoms with E-state index in [-0.39, 0.29) is 5.69 Å². The minimum atomic E-state index is -0.392. The van der Waals surface area contributed by atoms with Gasteiger partial charge in [0.1, 0.15) is 11.6 Å². The number of amides is 1. The molecule has 0 spiro atoms. The molecule has 3 heterocycles. The topological polar surface area (TPSA) is 100 Å². The zero-order valence-electron chi connectivity index (χ0n) is 16.5. The highest BCUT2D eigenvalue weighted by molar-refractivity contribution is 6.03. The largest absolute Gasteiger partial charge is 0.496 e. The number of anilines is 1. The molecular weight excluding hydrogens is 372 g/mol. The molecule has 0 bridgehead atoms. The Balaban J connectivity index is 1.57. The molecule has 1 amide bonds. The summed E-state index contributed by atoms with van der Waals surface area (Å²) >= 11 is 0. The normalized spacial score (nSPS) is 10.9. The zero-order valence-corrected chi connectivity index (χ0v) is 16.5. The predicted molar refractivity (Wildman–Crippen MR) is 107 cm³/mol. The number of ether oxygens (including phenoxy) is 1. The molecule has 148 valence electrons. The first kappa shape index (κ1) is 18.5. The molecule has 0 radical (unpaired) electrons. The van der Waals surface area contributed by atoms with E-state index in [1.165, 1.54) is 0 Å². The molecule has 0 unspecified atom stereocenters. The maximum absolute atomic E-state index is 12.6. The van der Waals surface area contributed by atoms with Crippen molar-refractivity contribution in [3.63, 3.8) is 0 Å². The van der Waals surface area contributed by atoms with Gasteiger partial charge in [0.2, 0.25) is 0 Å². The second-order valence-electron chi connectivity index (χ2n) is 6.54. The first-order chi connectivity index (χ1) is 14.0. The number of rotatable bonds is 5. The highest BCUT2D eigenvalue weighted by atomic mass is 16.5.